The van der Waals surface area contributed by atoms with Gasteiger partial charge in [-0.1, -0.05) is 30.0 Å². The minimum atomic E-state index is -2.92. The highest BCUT2D eigenvalue weighted by Crippen LogP contribution is 2.22. The smallest absolute Gasteiger partial charge is 0.172 e. The molecule has 0 radical (unpaired) electrons. The van der Waals surface area contributed by atoms with Crippen LogP contribution in [0.1, 0.15) is 5.56 Å². The monoisotopic (exact) mass is 296 g/mol. The van der Waals surface area contributed by atoms with Gasteiger partial charge in [-0.15, -0.1) is 0 Å². The van der Waals surface area contributed by atoms with Crippen LogP contribution in [0.4, 0.5) is 0 Å². The molecule has 0 saturated heterocycles. The summed E-state index contributed by atoms with van der Waals surface area (Å²) in [5, 5.41) is 0.818. The van der Waals surface area contributed by atoms with Crippen molar-refractivity contribution in [2.75, 3.05) is 17.8 Å². The average Bonchev–Trinajstić information content (AvgIpc) is 2.76. The quantitative estimate of drug-likeness (QED) is 0.795. The van der Waals surface area contributed by atoms with Crippen molar-refractivity contribution in [1.82, 2.24) is 9.55 Å². The number of benzene rings is 1. The molecule has 1 aromatic carbocycles. The number of aromatic nitrogens is 2. The van der Waals surface area contributed by atoms with Gasteiger partial charge in [0.1, 0.15) is 9.84 Å². The van der Waals surface area contributed by atoms with Crippen LogP contribution in [0.2, 0.25) is 0 Å². The Balaban J connectivity index is 2.17. The molecule has 0 amide bonds. The van der Waals surface area contributed by atoms with E-state index >= 15 is 0 Å². The van der Waals surface area contributed by atoms with Gasteiger partial charge in [-0.2, -0.15) is 0 Å². The van der Waals surface area contributed by atoms with Crippen molar-refractivity contribution < 1.29 is 8.42 Å². The fourth-order valence-electron chi connectivity index (χ4n) is 1.70. The van der Waals surface area contributed by atoms with Gasteiger partial charge in [-0.25, -0.2) is 13.4 Å². The Hall–Kier alpha value is -1.27. The van der Waals surface area contributed by atoms with Crippen LogP contribution < -0.4 is 0 Å². The Labute approximate surface area is 117 Å². The second kappa shape index (κ2) is 5.79. The fourth-order valence-corrected chi connectivity index (χ4v) is 3.86. The molecule has 2 rings (SSSR count). The van der Waals surface area contributed by atoms with Crippen LogP contribution in [0.15, 0.2) is 41.8 Å². The van der Waals surface area contributed by atoms with Gasteiger partial charge in [0.25, 0.3) is 0 Å². The predicted octanol–water partition coefficient (Wildman–Crippen LogP) is 2.32. The Morgan fingerprint density at radius 3 is 2.74 bits per heavy atom. The van der Waals surface area contributed by atoms with Crippen molar-refractivity contribution in [3.63, 3.8) is 0 Å². The van der Waals surface area contributed by atoms with Crippen LogP contribution >= 0.6 is 11.8 Å². The molecule has 0 spiro atoms. The lowest BCUT2D eigenvalue weighted by atomic mass is 10.2. The molecular formula is C13H16N2O2S2. The van der Waals surface area contributed by atoms with E-state index in [1.54, 1.807) is 6.20 Å². The molecule has 0 saturated carbocycles. The lowest BCUT2D eigenvalue weighted by Crippen LogP contribution is -2.06. The first-order valence-corrected chi connectivity index (χ1v) is 8.92. The molecule has 0 aliphatic carbocycles. The molecule has 0 N–H and O–H groups in total. The minimum absolute atomic E-state index is 0.165. The van der Waals surface area contributed by atoms with E-state index in [1.807, 2.05) is 42.0 Å². The molecule has 2 aromatic rings. The highest BCUT2D eigenvalue weighted by molar-refractivity contribution is 8.00. The van der Waals surface area contributed by atoms with Crippen LogP contribution in [-0.4, -0.2) is 35.7 Å². The molecule has 1 heterocycles. The standard InChI is InChI=1S/C13H16N2O2S2/c1-11-5-3-4-6-12(11)15-8-7-14-13(15)18-9-10-19(2,16)17/h3-8H,9-10H2,1-2H3. The minimum Gasteiger partial charge on any atom is -0.295 e. The number of nitrogens with zero attached hydrogens (tertiary/aromatic N) is 2. The van der Waals surface area contributed by atoms with Gasteiger partial charge < -0.3 is 0 Å². The first kappa shape index (κ1) is 14.1. The number of thioether (sulfide) groups is 1. The van der Waals surface area contributed by atoms with Crippen LogP contribution in [0, 0.1) is 6.92 Å². The van der Waals surface area contributed by atoms with E-state index in [1.165, 1.54) is 18.0 Å². The normalized spacial score (nSPS) is 11.7. The number of imidazole rings is 1. The van der Waals surface area contributed by atoms with Gasteiger partial charge >= 0.3 is 0 Å². The summed E-state index contributed by atoms with van der Waals surface area (Å²) in [4.78, 5) is 4.28. The van der Waals surface area contributed by atoms with Crippen LogP contribution in [0.25, 0.3) is 5.69 Å². The van der Waals surface area contributed by atoms with Crippen molar-refractivity contribution in [2.24, 2.45) is 0 Å². The molecular weight excluding hydrogens is 280 g/mol. The van der Waals surface area contributed by atoms with E-state index in [-0.39, 0.29) is 5.75 Å². The second-order valence-corrected chi connectivity index (χ2v) is 7.67. The topological polar surface area (TPSA) is 52.0 Å². The van der Waals surface area contributed by atoms with E-state index in [0.717, 1.165) is 16.4 Å². The predicted molar refractivity (Wildman–Crippen MR) is 78.7 cm³/mol. The Kier molecular flexibility index (Phi) is 4.31. The third-order valence-corrected chi connectivity index (χ3v) is 4.84. The zero-order chi connectivity index (χ0) is 13.9. The highest BCUT2D eigenvalue weighted by atomic mass is 32.2. The van der Waals surface area contributed by atoms with Gasteiger partial charge in [0.2, 0.25) is 0 Å². The lowest BCUT2D eigenvalue weighted by Gasteiger charge is -2.09. The van der Waals surface area contributed by atoms with Gasteiger partial charge in [0.05, 0.1) is 11.4 Å². The number of hydrogen-bond donors (Lipinski definition) is 0. The van der Waals surface area contributed by atoms with Crippen molar-refractivity contribution in [1.29, 1.82) is 0 Å². The summed E-state index contributed by atoms with van der Waals surface area (Å²) in [5.41, 5.74) is 2.23. The Morgan fingerprint density at radius 2 is 2.05 bits per heavy atom. The number of sulfone groups is 1. The molecule has 0 atom stereocenters. The summed E-state index contributed by atoms with van der Waals surface area (Å²) in [7, 11) is -2.92. The molecule has 4 nitrogen and oxygen atoms in total. The zero-order valence-corrected chi connectivity index (χ0v) is 12.5. The molecule has 0 fully saturated rings. The van der Waals surface area contributed by atoms with E-state index < -0.39 is 9.84 Å². The van der Waals surface area contributed by atoms with Gasteiger partial charge in [-0.3, -0.25) is 4.57 Å². The molecule has 1 aromatic heterocycles. The van der Waals surface area contributed by atoms with Crippen molar-refractivity contribution >= 4 is 21.6 Å². The van der Waals surface area contributed by atoms with Crippen LogP contribution in [-0.2, 0) is 9.84 Å². The summed E-state index contributed by atoms with van der Waals surface area (Å²) in [5.74, 6) is 0.681. The third-order valence-electron chi connectivity index (χ3n) is 2.67. The maximum Gasteiger partial charge on any atom is 0.172 e. The summed E-state index contributed by atoms with van der Waals surface area (Å²) in [6, 6.07) is 8.04. The van der Waals surface area contributed by atoms with E-state index in [4.69, 9.17) is 0 Å². The van der Waals surface area contributed by atoms with Gasteiger partial charge in [-0.05, 0) is 18.6 Å². The molecule has 102 valence electrons. The maximum absolute atomic E-state index is 11.1. The molecule has 0 bridgehead atoms. The van der Waals surface area contributed by atoms with Crippen molar-refractivity contribution in [3.8, 4) is 5.69 Å². The second-order valence-electron chi connectivity index (χ2n) is 4.34. The molecule has 19 heavy (non-hydrogen) atoms. The van der Waals surface area contributed by atoms with E-state index in [2.05, 4.69) is 4.98 Å². The molecule has 0 aliphatic heterocycles. The number of aryl methyl sites for hydroxylation is 1. The van der Waals surface area contributed by atoms with Gasteiger partial charge in [0, 0.05) is 24.4 Å². The van der Waals surface area contributed by atoms with Crippen molar-refractivity contribution in [3.05, 3.63) is 42.2 Å². The van der Waals surface area contributed by atoms with Gasteiger partial charge in [0.15, 0.2) is 5.16 Å². The zero-order valence-electron chi connectivity index (χ0n) is 10.9. The summed E-state index contributed by atoms with van der Waals surface area (Å²) < 4.78 is 24.2. The lowest BCUT2D eigenvalue weighted by molar-refractivity contribution is 0.603. The maximum atomic E-state index is 11.1. The number of hydrogen-bond acceptors (Lipinski definition) is 4. The average molecular weight is 296 g/mol. The Bertz CT molecular complexity index is 663. The number of para-hydroxylation sites is 1. The van der Waals surface area contributed by atoms with Crippen LogP contribution in [0.3, 0.4) is 0 Å². The summed E-state index contributed by atoms with van der Waals surface area (Å²) >= 11 is 1.46. The highest BCUT2D eigenvalue weighted by Gasteiger charge is 2.09. The van der Waals surface area contributed by atoms with Crippen LogP contribution in [0.5, 0.6) is 0 Å². The molecule has 6 heteroatoms. The SMILES string of the molecule is Cc1ccccc1-n1ccnc1SCCS(C)(=O)=O. The first-order chi connectivity index (χ1) is 8.97. The summed E-state index contributed by atoms with van der Waals surface area (Å²) in [6.45, 7) is 2.04. The van der Waals surface area contributed by atoms with E-state index in [9.17, 15) is 8.42 Å². The first-order valence-electron chi connectivity index (χ1n) is 5.87. The Morgan fingerprint density at radius 1 is 1.32 bits per heavy atom. The van der Waals surface area contributed by atoms with E-state index in [0.29, 0.717) is 5.75 Å². The van der Waals surface area contributed by atoms with Crippen molar-refractivity contribution in [2.45, 2.75) is 12.1 Å². The molecule has 0 unspecified atom stereocenters. The molecule has 0 aliphatic rings. The fraction of sp³-hybridized carbons (Fsp3) is 0.308. The third kappa shape index (κ3) is 3.84. The largest absolute Gasteiger partial charge is 0.295 e. The number of rotatable bonds is 5. The summed E-state index contributed by atoms with van der Waals surface area (Å²) in [6.07, 6.45) is 4.88.